The minimum absolute atomic E-state index is 0.0341. The van der Waals surface area contributed by atoms with Crippen molar-refractivity contribution >= 4 is 38.9 Å². The van der Waals surface area contributed by atoms with E-state index in [9.17, 15) is 14.5 Å². The first-order valence-electron chi connectivity index (χ1n) is 5.59. The molecule has 0 saturated heterocycles. The first-order chi connectivity index (χ1) is 9.49. The molecular weight excluding hydrogens is 351 g/mol. The van der Waals surface area contributed by atoms with Crippen LogP contribution in [0, 0.1) is 15.9 Å². The lowest BCUT2D eigenvalue weighted by Gasteiger charge is -2.10. The van der Waals surface area contributed by atoms with Crippen LogP contribution in [0.25, 0.3) is 0 Å². The highest BCUT2D eigenvalue weighted by Crippen LogP contribution is 2.28. The lowest BCUT2D eigenvalue weighted by atomic mass is 10.1. The summed E-state index contributed by atoms with van der Waals surface area (Å²) in [5.41, 5.74) is 0.528. The van der Waals surface area contributed by atoms with Crippen molar-refractivity contribution in [1.29, 1.82) is 0 Å². The third kappa shape index (κ3) is 3.26. The molecule has 0 heterocycles. The summed E-state index contributed by atoms with van der Waals surface area (Å²) in [4.78, 5) is 10.5. The second-order valence-corrected chi connectivity index (χ2v) is 5.30. The number of nitrogens with zero attached hydrogens (tertiary/aromatic N) is 1. The largest absolute Gasteiger partial charge is 0.377 e. The molecule has 20 heavy (non-hydrogen) atoms. The van der Waals surface area contributed by atoms with Gasteiger partial charge in [0.2, 0.25) is 0 Å². The van der Waals surface area contributed by atoms with Gasteiger partial charge in [-0.3, -0.25) is 10.1 Å². The summed E-state index contributed by atoms with van der Waals surface area (Å²) in [5.74, 6) is -0.504. The Bertz CT molecular complexity index is 647. The van der Waals surface area contributed by atoms with Crippen LogP contribution >= 0.6 is 27.5 Å². The monoisotopic (exact) mass is 358 g/mol. The van der Waals surface area contributed by atoms with Crippen molar-refractivity contribution in [3.05, 3.63) is 67.4 Å². The van der Waals surface area contributed by atoms with Gasteiger partial charge in [-0.25, -0.2) is 4.39 Å². The Labute approximate surface area is 127 Å². The Hall–Kier alpha value is -1.66. The molecule has 0 bridgehead atoms. The highest BCUT2D eigenvalue weighted by molar-refractivity contribution is 9.10. The second kappa shape index (κ2) is 6.19. The van der Waals surface area contributed by atoms with E-state index in [-0.39, 0.29) is 22.9 Å². The molecule has 2 aromatic carbocycles. The zero-order valence-corrected chi connectivity index (χ0v) is 12.4. The van der Waals surface area contributed by atoms with Crippen molar-refractivity contribution in [1.82, 2.24) is 0 Å². The van der Waals surface area contributed by atoms with E-state index in [4.69, 9.17) is 11.6 Å². The molecule has 0 radical (unpaired) electrons. The molecule has 2 aromatic rings. The van der Waals surface area contributed by atoms with E-state index in [1.165, 1.54) is 18.2 Å². The summed E-state index contributed by atoms with van der Waals surface area (Å²) in [7, 11) is 0. The SMILES string of the molecule is O=[N+]([O-])c1ccc(Br)cc1CNc1c(F)cccc1Cl. The van der Waals surface area contributed by atoms with Crippen LogP contribution in [0.5, 0.6) is 0 Å². The van der Waals surface area contributed by atoms with Gasteiger partial charge < -0.3 is 5.32 Å². The normalized spacial score (nSPS) is 10.3. The summed E-state index contributed by atoms with van der Waals surface area (Å²) < 4.78 is 14.3. The molecule has 0 aromatic heterocycles. The van der Waals surface area contributed by atoms with E-state index in [0.717, 1.165) is 0 Å². The maximum Gasteiger partial charge on any atom is 0.274 e. The maximum absolute atomic E-state index is 13.6. The van der Waals surface area contributed by atoms with E-state index in [2.05, 4.69) is 21.2 Å². The molecule has 0 aliphatic heterocycles. The molecule has 0 aliphatic carbocycles. The van der Waals surface area contributed by atoms with Crippen LogP contribution in [-0.4, -0.2) is 4.92 Å². The first kappa shape index (κ1) is 14.7. The summed E-state index contributed by atoms with van der Waals surface area (Å²) in [6.07, 6.45) is 0. The van der Waals surface area contributed by atoms with Gasteiger partial charge in [0.15, 0.2) is 0 Å². The molecule has 2 rings (SSSR count). The lowest BCUT2D eigenvalue weighted by Crippen LogP contribution is -2.05. The minimum Gasteiger partial charge on any atom is -0.377 e. The molecule has 0 atom stereocenters. The Morgan fingerprint density at radius 3 is 2.75 bits per heavy atom. The third-order valence-corrected chi connectivity index (χ3v) is 3.46. The van der Waals surface area contributed by atoms with Gasteiger partial charge in [0, 0.05) is 22.6 Å². The molecule has 0 fully saturated rings. The minimum atomic E-state index is -0.504. The summed E-state index contributed by atoms with van der Waals surface area (Å²) in [6, 6.07) is 8.89. The van der Waals surface area contributed by atoms with Crippen molar-refractivity contribution in [2.75, 3.05) is 5.32 Å². The molecule has 0 amide bonds. The third-order valence-electron chi connectivity index (χ3n) is 2.66. The Morgan fingerprint density at radius 1 is 1.35 bits per heavy atom. The van der Waals surface area contributed by atoms with Crippen molar-refractivity contribution in [3.63, 3.8) is 0 Å². The van der Waals surface area contributed by atoms with Gasteiger partial charge >= 0.3 is 0 Å². The van der Waals surface area contributed by atoms with Gasteiger partial charge in [-0.1, -0.05) is 33.6 Å². The van der Waals surface area contributed by atoms with Crippen LogP contribution in [0.15, 0.2) is 40.9 Å². The maximum atomic E-state index is 13.6. The van der Waals surface area contributed by atoms with E-state index in [0.29, 0.717) is 10.0 Å². The molecule has 1 N–H and O–H groups in total. The predicted octanol–water partition coefficient (Wildman–Crippen LogP) is 4.76. The number of halogens is 3. The molecule has 0 spiro atoms. The highest BCUT2D eigenvalue weighted by Gasteiger charge is 2.15. The molecule has 104 valence electrons. The highest BCUT2D eigenvalue weighted by atomic mass is 79.9. The van der Waals surface area contributed by atoms with E-state index in [1.54, 1.807) is 18.2 Å². The Morgan fingerprint density at radius 2 is 2.10 bits per heavy atom. The van der Waals surface area contributed by atoms with Gasteiger partial charge in [0.05, 0.1) is 15.6 Å². The van der Waals surface area contributed by atoms with Crippen LogP contribution < -0.4 is 5.32 Å². The first-order valence-corrected chi connectivity index (χ1v) is 6.77. The fourth-order valence-corrected chi connectivity index (χ4v) is 2.36. The van der Waals surface area contributed by atoms with Gasteiger partial charge in [-0.05, 0) is 24.3 Å². The standard InChI is InChI=1S/C13H9BrClFN2O2/c14-9-4-5-12(18(19)20)8(6-9)7-17-13-10(15)2-1-3-11(13)16/h1-6,17H,7H2. The number of anilines is 1. The summed E-state index contributed by atoms with van der Waals surface area (Å²) in [6.45, 7) is 0.0937. The Kier molecular flexibility index (Phi) is 4.57. The van der Waals surface area contributed by atoms with Crippen LogP contribution in [0.1, 0.15) is 5.56 Å². The van der Waals surface area contributed by atoms with Gasteiger partial charge in [0.25, 0.3) is 5.69 Å². The van der Waals surface area contributed by atoms with E-state index < -0.39 is 10.7 Å². The molecule has 0 saturated carbocycles. The van der Waals surface area contributed by atoms with Crippen molar-refractivity contribution < 1.29 is 9.31 Å². The van der Waals surface area contributed by atoms with Crippen molar-refractivity contribution in [2.24, 2.45) is 0 Å². The quantitative estimate of drug-likeness (QED) is 0.632. The average molecular weight is 360 g/mol. The topological polar surface area (TPSA) is 55.2 Å². The number of nitrogens with one attached hydrogen (secondary N) is 1. The number of rotatable bonds is 4. The molecule has 0 unspecified atom stereocenters. The zero-order chi connectivity index (χ0) is 14.7. The Balaban J connectivity index is 2.27. The predicted molar refractivity (Wildman–Crippen MR) is 79.5 cm³/mol. The van der Waals surface area contributed by atoms with E-state index >= 15 is 0 Å². The van der Waals surface area contributed by atoms with E-state index in [1.807, 2.05) is 0 Å². The van der Waals surface area contributed by atoms with Gasteiger partial charge in [-0.15, -0.1) is 0 Å². The number of nitro groups is 1. The lowest BCUT2D eigenvalue weighted by molar-refractivity contribution is -0.385. The summed E-state index contributed by atoms with van der Waals surface area (Å²) >= 11 is 9.13. The number of hydrogen-bond donors (Lipinski definition) is 1. The van der Waals surface area contributed by atoms with Crippen molar-refractivity contribution in [3.8, 4) is 0 Å². The van der Waals surface area contributed by atoms with Crippen LogP contribution in [-0.2, 0) is 6.54 Å². The average Bonchev–Trinajstić information content (AvgIpc) is 2.37. The van der Waals surface area contributed by atoms with Gasteiger partial charge in [-0.2, -0.15) is 0 Å². The molecule has 0 aliphatic rings. The van der Waals surface area contributed by atoms with Gasteiger partial charge in [0.1, 0.15) is 5.82 Å². The molecular formula is C13H9BrClFN2O2. The van der Waals surface area contributed by atoms with Crippen LogP contribution in [0.3, 0.4) is 0 Å². The number of nitro benzene ring substituents is 1. The smallest absolute Gasteiger partial charge is 0.274 e. The number of para-hydroxylation sites is 1. The molecule has 4 nitrogen and oxygen atoms in total. The van der Waals surface area contributed by atoms with Crippen LogP contribution in [0.4, 0.5) is 15.8 Å². The fourth-order valence-electron chi connectivity index (χ4n) is 1.72. The summed E-state index contributed by atoms with van der Waals surface area (Å²) in [5, 5.41) is 14.0. The number of hydrogen-bond acceptors (Lipinski definition) is 3. The van der Waals surface area contributed by atoms with Crippen molar-refractivity contribution in [2.45, 2.75) is 6.54 Å². The van der Waals surface area contributed by atoms with Crippen LogP contribution in [0.2, 0.25) is 5.02 Å². The number of benzene rings is 2. The second-order valence-electron chi connectivity index (χ2n) is 3.98. The molecule has 7 heteroatoms. The zero-order valence-electron chi connectivity index (χ0n) is 10.1. The fraction of sp³-hybridized carbons (Fsp3) is 0.0769.